The van der Waals surface area contributed by atoms with E-state index < -0.39 is 16.7 Å². The van der Waals surface area contributed by atoms with Crippen LogP contribution < -0.4 is 5.32 Å². The molecule has 0 saturated heterocycles. The van der Waals surface area contributed by atoms with Gasteiger partial charge in [0.05, 0.1) is 18.9 Å². The van der Waals surface area contributed by atoms with Crippen molar-refractivity contribution >= 4 is 22.0 Å². The van der Waals surface area contributed by atoms with Gasteiger partial charge in [0.25, 0.3) is 0 Å². The second-order valence-electron chi connectivity index (χ2n) is 7.80. The van der Waals surface area contributed by atoms with E-state index in [9.17, 15) is 17.6 Å². The van der Waals surface area contributed by atoms with Crippen molar-refractivity contribution < 1.29 is 22.4 Å². The molecule has 0 spiro atoms. The Kier molecular flexibility index (Phi) is 11.7. The molecule has 0 aromatic carbocycles. The minimum absolute atomic E-state index is 0.0908. The number of aromatic nitrogens is 1. The summed E-state index contributed by atoms with van der Waals surface area (Å²) in [4.78, 5) is 21.3. The highest BCUT2D eigenvalue weighted by molar-refractivity contribution is 7.88. The fourth-order valence-electron chi connectivity index (χ4n) is 3.50. The summed E-state index contributed by atoms with van der Waals surface area (Å²) in [5.41, 5.74) is 0.839. The predicted octanol–water partition coefficient (Wildman–Crippen LogP) is 3.49. The van der Waals surface area contributed by atoms with E-state index in [0.717, 1.165) is 35.7 Å². The molecular formula is C22H34FN3O4S. The lowest BCUT2D eigenvalue weighted by molar-refractivity contribution is -0.116. The van der Waals surface area contributed by atoms with Crippen LogP contribution in [0.5, 0.6) is 0 Å². The second kappa shape index (κ2) is 14.3. The molecule has 1 aromatic heterocycles. The Labute approximate surface area is 185 Å². The normalized spacial score (nSPS) is 15.5. The van der Waals surface area contributed by atoms with Gasteiger partial charge in [-0.15, -0.1) is 0 Å². The number of carbonyl (C=O) groups is 1. The van der Waals surface area contributed by atoms with Gasteiger partial charge < -0.3 is 5.32 Å². The number of pyridine rings is 1. The third kappa shape index (κ3) is 10.3. The Bertz CT molecular complexity index is 768. The zero-order valence-corrected chi connectivity index (χ0v) is 18.9. The number of nitrogens with one attached hydrogen (secondary N) is 1. The van der Waals surface area contributed by atoms with Gasteiger partial charge in [0, 0.05) is 25.0 Å². The summed E-state index contributed by atoms with van der Waals surface area (Å²) in [7, 11) is -3.66. The maximum atomic E-state index is 12.8. The monoisotopic (exact) mass is 455 g/mol. The molecule has 0 atom stereocenters. The summed E-state index contributed by atoms with van der Waals surface area (Å²) in [6.45, 7) is -0.253. The van der Waals surface area contributed by atoms with E-state index in [1.54, 1.807) is 24.5 Å². The van der Waals surface area contributed by atoms with Gasteiger partial charge in [0.15, 0.2) is 0 Å². The van der Waals surface area contributed by atoms with Gasteiger partial charge in [0.1, 0.15) is 6.67 Å². The van der Waals surface area contributed by atoms with Crippen molar-refractivity contribution in [2.24, 2.45) is 5.92 Å². The molecule has 0 bridgehead atoms. The highest BCUT2D eigenvalue weighted by Crippen LogP contribution is 2.24. The van der Waals surface area contributed by atoms with Crippen molar-refractivity contribution in [3.8, 4) is 0 Å². The van der Waals surface area contributed by atoms with Gasteiger partial charge in [0.2, 0.25) is 15.9 Å². The molecule has 31 heavy (non-hydrogen) atoms. The third-order valence-electron chi connectivity index (χ3n) is 5.25. The average molecular weight is 456 g/mol. The van der Waals surface area contributed by atoms with Gasteiger partial charge in [-0.05, 0) is 49.3 Å². The summed E-state index contributed by atoms with van der Waals surface area (Å²) in [6, 6.07) is 3.64. The smallest absolute Gasteiger partial charge is 0.243 e. The number of hydrogen-bond donors (Lipinski definition) is 1. The summed E-state index contributed by atoms with van der Waals surface area (Å²) in [5.74, 6) is 0.0515. The van der Waals surface area contributed by atoms with Crippen molar-refractivity contribution in [2.45, 2.75) is 51.4 Å². The predicted molar refractivity (Wildman–Crippen MR) is 119 cm³/mol. The first-order chi connectivity index (χ1) is 15.0. The number of rotatable bonds is 14. The Hall–Kier alpha value is -1.84. The van der Waals surface area contributed by atoms with Crippen LogP contribution in [0.15, 0.2) is 30.6 Å². The maximum absolute atomic E-state index is 12.8. The Morgan fingerprint density at radius 3 is 2.77 bits per heavy atom. The van der Waals surface area contributed by atoms with Crippen molar-refractivity contribution in [2.75, 3.05) is 32.1 Å². The van der Waals surface area contributed by atoms with Crippen LogP contribution in [0.1, 0.15) is 56.9 Å². The summed E-state index contributed by atoms with van der Waals surface area (Å²) in [5, 5.41) is 2.77. The van der Waals surface area contributed by atoms with Crippen molar-refractivity contribution in [1.29, 1.82) is 0 Å². The molecule has 0 radical (unpaired) electrons. The zero-order chi connectivity index (χ0) is 22.4. The SMILES string of the molecule is O=C(C=Cc1cccnc1)NCCCCCS(=O)(=O)N(CCF)OCC1CCCCC1. The van der Waals surface area contributed by atoms with Gasteiger partial charge in [-0.3, -0.25) is 14.6 Å². The van der Waals surface area contributed by atoms with Gasteiger partial charge >= 0.3 is 0 Å². The van der Waals surface area contributed by atoms with Gasteiger partial charge in [-0.1, -0.05) is 36.2 Å². The molecule has 9 heteroatoms. The van der Waals surface area contributed by atoms with Gasteiger partial charge in [-0.25, -0.2) is 12.8 Å². The highest BCUT2D eigenvalue weighted by Gasteiger charge is 2.24. The molecule has 0 aliphatic heterocycles. The van der Waals surface area contributed by atoms with Crippen LogP contribution in [0.4, 0.5) is 4.39 Å². The van der Waals surface area contributed by atoms with Crippen LogP contribution in [0.3, 0.4) is 0 Å². The molecule has 1 amide bonds. The molecule has 1 aromatic rings. The first-order valence-corrected chi connectivity index (χ1v) is 12.7. The Morgan fingerprint density at radius 2 is 2.06 bits per heavy atom. The van der Waals surface area contributed by atoms with Crippen molar-refractivity contribution in [1.82, 2.24) is 14.8 Å². The Morgan fingerprint density at radius 1 is 1.26 bits per heavy atom. The molecule has 1 fully saturated rings. The molecule has 0 unspecified atom stereocenters. The van der Waals surface area contributed by atoms with E-state index in [1.165, 1.54) is 12.5 Å². The maximum Gasteiger partial charge on any atom is 0.243 e. The number of sulfonamides is 1. The molecule has 174 valence electrons. The fourth-order valence-corrected chi connectivity index (χ4v) is 4.84. The van der Waals surface area contributed by atoms with E-state index in [-0.39, 0.29) is 18.2 Å². The molecule has 1 aliphatic rings. The molecule has 2 rings (SSSR count). The minimum atomic E-state index is -3.66. The van der Waals surface area contributed by atoms with E-state index in [4.69, 9.17) is 4.84 Å². The lowest BCUT2D eigenvalue weighted by Crippen LogP contribution is -2.36. The summed E-state index contributed by atoms with van der Waals surface area (Å²) < 4.78 is 38.7. The van der Waals surface area contributed by atoms with Crippen LogP contribution in [0.2, 0.25) is 0 Å². The zero-order valence-electron chi connectivity index (χ0n) is 18.0. The lowest BCUT2D eigenvalue weighted by Gasteiger charge is -2.25. The molecular weight excluding hydrogens is 421 g/mol. The van der Waals surface area contributed by atoms with Crippen LogP contribution >= 0.6 is 0 Å². The Balaban J connectivity index is 1.63. The number of hydrogen-bond acceptors (Lipinski definition) is 5. The number of unbranched alkanes of at least 4 members (excludes halogenated alkanes) is 2. The lowest BCUT2D eigenvalue weighted by atomic mass is 9.90. The summed E-state index contributed by atoms with van der Waals surface area (Å²) in [6.07, 6.45) is 13.7. The van der Waals surface area contributed by atoms with E-state index in [1.807, 2.05) is 6.07 Å². The number of amides is 1. The van der Waals surface area contributed by atoms with Gasteiger partial charge in [-0.2, -0.15) is 0 Å². The fraction of sp³-hybridized carbons (Fsp3) is 0.636. The van der Waals surface area contributed by atoms with E-state index in [2.05, 4.69) is 10.3 Å². The molecule has 1 aliphatic carbocycles. The largest absolute Gasteiger partial charge is 0.353 e. The number of hydroxylamine groups is 1. The summed E-state index contributed by atoms with van der Waals surface area (Å²) >= 11 is 0. The number of halogens is 1. The quantitative estimate of drug-likeness (QED) is 0.264. The first-order valence-electron chi connectivity index (χ1n) is 11.1. The first kappa shape index (κ1) is 25.4. The second-order valence-corrected chi connectivity index (χ2v) is 9.78. The molecule has 1 saturated carbocycles. The number of alkyl halides is 1. The molecule has 1 heterocycles. The van der Waals surface area contributed by atoms with Crippen molar-refractivity contribution in [3.05, 3.63) is 36.2 Å². The van der Waals surface area contributed by atoms with E-state index >= 15 is 0 Å². The standard InChI is InChI=1S/C22H34FN3O4S/c23-13-16-26(30-19-21-8-3-1-4-9-21)31(28,29)17-6-2-5-15-25-22(27)12-11-20-10-7-14-24-18-20/h7,10-12,14,18,21H,1-6,8-9,13,15-17,19H2,(H,25,27). The van der Waals surface area contributed by atoms with Crippen LogP contribution in [-0.2, 0) is 19.7 Å². The minimum Gasteiger partial charge on any atom is -0.353 e. The van der Waals surface area contributed by atoms with Crippen LogP contribution in [0, 0.1) is 5.92 Å². The topological polar surface area (TPSA) is 88.6 Å². The van der Waals surface area contributed by atoms with Crippen LogP contribution in [0.25, 0.3) is 6.08 Å². The molecule has 7 nitrogen and oxygen atoms in total. The highest BCUT2D eigenvalue weighted by atomic mass is 32.2. The number of nitrogens with zero attached hydrogens (tertiary/aromatic N) is 2. The van der Waals surface area contributed by atoms with Crippen LogP contribution in [-0.4, -0.2) is 55.9 Å². The third-order valence-corrected chi connectivity index (χ3v) is 6.96. The van der Waals surface area contributed by atoms with E-state index in [0.29, 0.717) is 38.3 Å². The van der Waals surface area contributed by atoms with Crippen molar-refractivity contribution in [3.63, 3.8) is 0 Å². The molecule has 1 N–H and O–H groups in total. The number of carbonyl (C=O) groups excluding carboxylic acids is 1. The average Bonchev–Trinajstić information content (AvgIpc) is 2.78.